The number of halogens is 2. The second kappa shape index (κ2) is 11.7. The van der Waals surface area contributed by atoms with Crippen LogP contribution in [0.5, 0.6) is 0 Å². The van der Waals surface area contributed by atoms with Gasteiger partial charge in [-0.25, -0.2) is 17.2 Å². The Labute approximate surface area is 227 Å². The third-order valence-electron chi connectivity index (χ3n) is 7.48. The smallest absolute Gasteiger partial charge is 0.319 e. The van der Waals surface area contributed by atoms with Crippen molar-refractivity contribution in [3.63, 3.8) is 0 Å². The largest absolute Gasteiger partial charge is 0.433 e. The Balaban J connectivity index is 1.71. The molecule has 2 saturated heterocycles. The molecule has 3 aliphatic rings. The average molecular weight is 559 g/mol. The number of benzene rings is 1. The van der Waals surface area contributed by atoms with Crippen molar-refractivity contribution in [2.75, 3.05) is 33.0 Å². The topological polar surface area (TPSA) is 103 Å². The Morgan fingerprint density at radius 3 is 2.54 bits per heavy atom. The second-order valence-corrected chi connectivity index (χ2v) is 11.7. The average Bonchev–Trinajstić information content (AvgIpc) is 3.47. The predicted octanol–water partition coefficient (Wildman–Crippen LogP) is 4.67. The zero-order chi connectivity index (χ0) is 28.2. The number of sulfonamides is 1. The van der Waals surface area contributed by atoms with Crippen LogP contribution in [-0.4, -0.2) is 68.6 Å². The molecule has 1 aromatic carbocycles. The van der Waals surface area contributed by atoms with Crippen molar-refractivity contribution in [3.05, 3.63) is 77.6 Å². The van der Waals surface area contributed by atoms with Gasteiger partial charge in [0.2, 0.25) is 16.9 Å². The molecule has 1 aromatic rings. The van der Waals surface area contributed by atoms with Crippen molar-refractivity contribution in [1.82, 2.24) is 9.21 Å². The summed E-state index contributed by atoms with van der Waals surface area (Å²) in [5.41, 5.74) is 0.558. The van der Waals surface area contributed by atoms with Gasteiger partial charge in [0, 0.05) is 49.7 Å². The molecule has 2 aliphatic heterocycles. The lowest BCUT2D eigenvalue weighted by Crippen LogP contribution is -2.54. The monoisotopic (exact) mass is 558 g/mol. The summed E-state index contributed by atoms with van der Waals surface area (Å²) in [4.78, 5) is 19.8. The van der Waals surface area contributed by atoms with Crippen molar-refractivity contribution < 1.29 is 26.7 Å². The fourth-order valence-electron chi connectivity index (χ4n) is 5.38. The standard InChI is InChI=1S/C28H32F2N4O4S/c1-3-25(14-20(2)33-11-4-5-12-33)39(36,37)34-13-10-22-15-26(32-24-8-6-23(30)7-9-24)21(17-31)16-28(22,18-34)27(35)38-19-29/h3,6-9,14-15,17,21,31H,1-2,4-5,10-13,16,18-19H2. The number of aliphatic imine (C=N–C) groups is 1. The van der Waals surface area contributed by atoms with Crippen molar-refractivity contribution in [2.24, 2.45) is 16.3 Å². The fourth-order valence-corrected chi connectivity index (χ4v) is 6.90. The molecule has 11 heteroatoms. The van der Waals surface area contributed by atoms with E-state index in [-0.39, 0.29) is 30.8 Å². The summed E-state index contributed by atoms with van der Waals surface area (Å²) in [6.07, 6.45) is 7.66. The maximum Gasteiger partial charge on any atom is 0.319 e. The first-order valence-electron chi connectivity index (χ1n) is 12.7. The Bertz CT molecular complexity index is 1350. The molecule has 0 saturated carbocycles. The number of rotatable bonds is 9. The summed E-state index contributed by atoms with van der Waals surface area (Å²) in [6.45, 7) is 7.72. The van der Waals surface area contributed by atoms with E-state index in [9.17, 15) is 22.0 Å². The Hall–Kier alpha value is -3.44. The summed E-state index contributed by atoms with van der Waals surface area (Å²) in [7, 11) is -4.09. The SMILES string of the molecule is C=CC(=CC(=C)N1CCCC1)S(=O)(=O)N1CCC2=CC(=Nc3ccc(F)cc3)C(C=N)CC2(C(=O)OCF)C1. The van der Waals surface area contributed by atoms with E-state index >= 15 is 0 Å². The highest BCUT2D eigenvalue weighted by Crippen LogP contribution is 2.46. The van der Waals surface area contributed by atoms with Gasteiger partial charge in [0.25, 0.3) is 0 Å². The van der Waals surface area contributed by atoms with E-state index in [0.717, 1.165) is 32.1 Å². The Kier molecular flexibility index (Phi) is 8.60. The van der Waals surface area contributed by atoms with Crippen LogP contribution in [0, 0.1) is 22.6 Å². The molecule has 4 rings (SSSR count). The molecule has 0 spiro atoms. The number of carbonyl (C=O) groups is 1. The third-order valence-corrected chi connectivity index (χ3v) is 9.36. The number of esters is 1. The summed E-state index contributed by atoms with van der Waals surface area (Å²) in [5.74, 6) is -1.99. The number of alkyl halides is 1. The molecular weight excluding hydrogens is 526 g/mol. The zero-order valence-corrected chi connectivity index (χ0v) is 22.4. The first-order chi connectivity index (χ1) is 18.6. The maximum atomic E-state index is 13.7. The minimum absolute atomic E-state index is 0.0269. The summed E-state index contributed by atoms with van der Waals surface area (Å²) < 4.78 is 60.0. The first kappa shape index (κ1) is 28.6. The van der Waals surface area contributed by atoms with Crippen molar-refractivity contribution in [3.8, 4) is 0 Å². The molecule has 0 radical (unpaired) electrons. The molecule has 0 aromatic heterocycles. The maximum absolute atomic E-state index is 13.7. The normalized spacial score (nSPS) is 25.1. The molecule has 208 valence electrons. The first-order valence-corrected chi connectivity index (χ1v) is 14.2. The minimum Gasteiger partial charge on any atom is -0.433 e. The number of hydrogen-bond acceptors (Lipinski definition) is 7. The lowest BCUT2D eigenvalue weighted by Gasteiger charge is -2.45. The highest BCUT2D eigenvalue weighted by molar-refractivity contribution is 7.93. The summed E-state index contributed by atoms with van der Waals surface area (Å²) in [5, 5.41) is 8.00. The van der Waals surface area contributed by atoms with E-state index in [0.29, 0.717) is 22.7 Å². The summed E-state index contributed by atoms with van der Waals surface area (Å²) in [6, 6.07) is 5.53. The number of piperidine rings is 1. The molecule has 1 N–H and O–H groups in total. The van der Waals surface area contributed by atoms with Crippen molar-refractivity contribution >= 4 is 33.6 Å². The van der Waals surface area contributed by atoms with Gasteiger partial charge in [-0.2, -0.15) is 4.31 Å². The molecule has 0 bridgehead atoms. The third kappa shape index (κ3) is 5.79. The number of nitrogens with zero attached hydrogens (tertiary/aromatic N) is 3. The van der Waals surface area contributed by atoms with E-state index in [1.54, 1.807) is 6.08 Å². The molecule has 2 heterocycles. The van der Waals surface area contributed by atoms with Gasteiger partial charge in [-0.3, -0.25) is 9.79 Å². The van der Waals surface area contributed by atoms with Crippen LogP contribution in [0.4, 0.5) is 14.5 Å². The van der Waals surface area contributed by atoms with Gasteiger partial charge in [-0.15, -0.1) is 0 Å². The van der Waals surface area contributed by atoms with Crippen molar-refractivity contribution in [2.45, 2.75) is 25.7 Å². The van der Waals surface area contributed by atoms with Crippen molar-refractivity contribution in [1.29, 1.82) is 5.41 Å². The molecule has 39 heavy (non-hydrogen) atoms. The molecule has 8 nitrogen and oxygen atoms in total. The van der Waals surface area contributed by atoms with Gasteiger partial charge in [0.1, 0.15) is 11.2 Å². The van der Waals surface area contributed by atoms with Gasteiger partial charge in [-0.05, 0) is 73.7 Å². The van der Waals surface area contributed by atoms with E-state index in [1.807, 2.05) is 4.90 Å². The van der Waals surface area contributed by atoms with Crippen LogP contribution in [0.2, 0.25) is 0 Å². The molecule has 1 aliphatic carbocycles. The van der Waals surface area contributed by atoms with Crippen LogP contribution in [0.3, 0.4) is 0 Å². The fraction of sp³-hybridized carbons (Fsp3) is 0.393. The van der Waals surface area contributed by atoms with E-state index < -0.39 is 40.0 Å². The highest BCUT2D eigenvalue weighted by Gasteiger charge is 2.53. The van der Waals surface area contributed by atoms with Gasteiger partial charge in [0.05, 0.1) is 10.6 Å². The highest BCUT2D eigenvalue weighted by atomic mass is 32.2. The molecule has 2 atom stereocenters. The molecule has 2 fully saturated rings. The van der Waals surface area contributed by atoms with Gasteiger partial charge in [-0.1, -0.05) is 13.2 Å². The lowest BCUT2D eigenvalue weighted by molar-refractivity contribution is -0.159. The minimum atomic E-state index is -4.09. The Morgan fingerprint density at radius 1 is 1.23 bits per heavy atom. The van der Waals surface area contributed by atoms with Crippen LogP contribution in [0.25, 0.3) is 0 Å². The number of allylic oxidation sites excluding steroid dienone is 3. The van der Waals surface area contributed by atoms with Crippen LogP contribution < -0.4 is 0 Å². The molecular formula is C28H32F2N4O4S. The molecule has 0 amide bonds. The second-order valence-electron chi connectivity index (χ2n) is 9.81. The van der Waals surface area contributed by atoms with E-state index in [2.05, 4.69) is 18.2 Å². The number of ether oxygens (including phenoxy) is 1. The van der Waals surface area contributed by atoms with Crippen LogP contribution in [-0.2, 0) is 19.6 Å². The predicted molar refractivity (Wildman–Crippen MR) is 146 cm³/mol. The van der Waals surface area contributed by atoms with Gasteiger partial charge < -0.3 is 15.0 Å². The summed E-state index contributed by atoms with van der Waals surface area (Å²) >= 11 is 0. The zero-order valence-electron chi connectivity index (χ0n) is 21.6. The van der Waals surface area contributed by atoms with Gasteiger partial charge in [0.15, 0.2) is 0 Å². The van der Waals surface area contributed by atoms with Crippen LogP contribution in [0.15, 0.2) is 76.8 Å². The Morgan fingerprint density at radius 2 is 1.92 bits per heavy atom. The van der Waals surface area contributed by atoms with Crippen LogP contribution >= 0.6 is 0 Å². The van der Waals surface area contributed by atoms with E-state index in [1.165, 1.54) is 40.7 Å². The van der Waals surface area contributed by atoms with Gasteiger partial charge >= 0.3 is 5.97 Å². The quantitative estimate of drug-likeness (QED) is 0.270. The number of likely N-dealkylation sites (tertiary alicyclic amines) is 1. The lowest BCUT2D eigenvalue weighted by atomic mass is 9.65. The number of hydrogen-bond donors (Lipinski definition) is 1. The number of carbonyl (C=O) groups excluding carboxylic acids is 1. The van der Waals surface area contributed by atoms with E-state index in [4.69, 9.17) is 10.1 Å². The number of fused-ring (bicyclic) bond motifs is 1. The molecule has 2 unspecified atom stereocenters. The van der Waals surface area contributed by atoms with Crippen LogP contribution in [0.1, 0.15) is 25.7 Å². The number of nitrogens with one attached hydrogen (secondary N) is 1.